The summed E-state index contributed by atoms with van der Waals surface area (Å²) in [5, 5.41) is 0. The Hall–Kier alpha value is -2.45. The van der Waals surface area contributed by atoms with E-state index in [-0.39, 0.29) is 22.5 Å². The number of nitrogens with zero attached hydrogens (tertiary/aromatic N) is 1. The van der Waals surface area contributed by atoms with Crippen LogP contribution in [0.3, 0.4) is 0 Å². The van der Waals surface area contributed by atoms with Crippen molar-refractivity contribution in [1.29, 1.82) is 0 Å². The number of rotatable bonds is 10. The normalized spacial score (nSPS) is 11.5. The lowest BCUT2D eigenvalue weighted by atomic mass is 10.1. The molecule has 1 amide bonds. The van der Waals surface area contributed by atoms with Crippen LogP contribution < -0.4 is 4.18 Å². The summed E-state index contributed by atoms with van der Waals surface area (Å²) >= 11 is 0. The van der Waals surface area contributed by atoms with E-state index in [1.807, 2.05) is 13.8 Å². The van der Waals surface area contributed by atoms with Gasteiger partial charge in [-0.05, 0) is 47.9 Å². The van der Waals surface area contributed by atoms with Crippen molar-refractivity contribution in [2.75, 3.05) is 20.3 Å². The van der Waals surface area contributed by atoms with E-state index in [1.54, 1.807) is 24.1 Å². The van der Waals surface area contributed by atoms with Crippen LogP contribution in [-0.4, -0.2) is 39.5 Å². The van der Waals surface area contributed by atoms with Gasteiger partial charge in [-0.3, -0.25) is 4.79 Å². The molecule has 0 aliphatic carbocycles. The van der Waals surface area contributed by atoms with Gasteiger partial charge < -0.3 is 13.8 Å². The molecule has 158 valence electrons. The van der Waals surface area contributed by atoms with E-state index in [9.17, 15) is 17.6 Å². The summed E-state index contributed by atoms with van der Waals surface area (Å²) in [5.74, 6) is -0.107. The van der Waals surface area contributed by atoms with Crippen LogP contribution in [0, 0.1) is 11.7 Å². The van der Waals surface area contributed by atoms with Crippen molar-refractivity contribution in [3.8, 4) is 5.75 Å². The fraction of sp³-hybridized carbons (Fsp3) is 0.381. The molecule has 0 radical (unpaired) electrons. The van der Waals surface area contributed by atoms with Crippen molar-refractivity contribution >= 4 is 16.0 Å². The zero-order chi connectivity index (χ0) is 21.4. The summed E-state index contributed by atoms with van der Waals surface area (Å²) in [6.07, 6.45) is 0.445. The van der Waals surface area contributed by atoms with Crippen LogP contribution in [0.2, 0.25) is 0 Å². The Bertz CT molecular complexity index is 896. The highest BCUT2D eigenvalue weighted by atomic mass is 32.2. The van der Waals surface area contributed by atoms with E-state index in [0.717, 1.165) is 29.8 Å². The highest BCUT2D eigenvalue weighted by molar-refractivity contribution is 7.87. The van der Waals surface area contributed by atoms with E-state index >= 15 is 0 Å². The molecule has 29 heavy (non-hydrogen) atoms. The minimum Gasteiger partial charge on any atom is -0.383 e. The van der Waals surface area contributed by atoms with E-state index in [2.05, 4.69) is 0 Å². The van der Waals surface area contributed by atoms with Gasteiger partial charge in [0.15, 0.2) is 0 Å². The van der Waals surface area contributed by atoms with Crippen LogP contribution in [0.15, 0.2) is 53.4 Å². The zero-order valence-corrected chi connectivity index (χ0v) is 17.6. The minimum absolute atomic E-state index is 0.0382. The predicted molar refractivity (Wildman–Crippen MR) is 107 cm³/mol. The number of methoxy groups -OCH3 is 1. The number of carbonyl (C=O) groups is 1. The molecule has 2 aromatic rings. The Morgan fingerprint density at radius 1 is 1.07 bits per heavy atom. The maximum Gasteiger partial charge on any atom is 0.339 e. The Morgan fingerprint density at radius 3 is 2.24 bits per heavy atom. The maximum atomic E-state index is 13.0. The SMILES string of the molecule is COCCN(Cc1ccc(OS(=O)(=O)c2ccc(F)cc2)cc1)C(=O)CC(C)C. The molecule has 8 heteroatoms. The van der Waals surface area contributed by atoms with Gasteiger partial charge in [0.25, 0.3) is 0 Å². The average Bonchev–Trinajstić information content (AvgIpc) is 2.66. The summed E-state index contributed by atoms with van der Waals surface area (Å²) in [5.41, 5.74) is 0.838. The van der Waals surface area contributed by atoms with Crippen molar-refractivity contribution < 1.29 is 26.5 Å². The van der Waals surface area contributed by atoms with E-state index in [1.165, 1.54) is 12.1 Å². The van der Waals surface area contributed by atoms with E-state index in [0.29, 0.717) is 26.1 Å². The molecule has 0 aromatic heterocycles. The van der Waals surface area contributed by atoms with Crippen molar-refractivity contribution in [2.45, 2.75) is 31.7 Å². The average molecular weight is 424 g/mol. The number of halogens is 1. The second-order valence-corrected chi connectivity index (χ2v) is 8.59. The predicted octanol–water partition coefficient (Wildman–Crippen LogP) is 3.61. The molecule has 0 saturated carbocycles. The Balaban J connectivity index is 2.07. The molecule has 0 N–H and O–H groups in total. The molecule has 0 aliphatic heterocycles. The Labute approximate surface area is 171 Å². The lowest BCUT2D eigenvalue weighted by molar-refractivity contribution is -0.133. The molecule has 0 saturated heterocycles. The molecule has 2 aromatic carbocycles. The summed E-state index contributed by atoms with van der Waals surface area (Å²) in [4.78, 5) is 14.0. The van der Waals surface area contributed by atoms with Gasteiger partial charge in [-0.1, -0.05) is 26.0 Å². The summed E-state index contributed by atoms with van der Waals surface area (Å²) in [6.45, 7) is 5.26. The van der Waals surface area contributed by atoms with Crippen molar-refractivity contribution in [1.82, 2.24) is 4.90 Å². The van der Waals surface area contributed by atoms with Crippen LogP contribution in [0.5, 0.6) is 5.75 Å². The standard InChI is InChI=1S/C21H26FNO5S/c1-16(2)14-21(24)23(12-13-27-3)15-17-4-8-19(9-5-17)28-29(25,26)20-10-6-18(22)7-11-20/h4-11,16H,12-15H2,1-3H3. The van der Waals surface area contributed by atoms with Crippen molar-refractivity contribution in [3.63, 3.8) is 0 Å². The van der Waals surface area contributed by atoms with Gasteiger partial charge in [0.1, 0.15) is 16.5 Å². The maximum absolute atomic E-state index is 13.0. The number of hydrogen-bond donors (Lipinski definition) is 0. The highest BCUT2D eigenvalue weighted by Crippen LogP contribution is 2.20. The van der Waals surface area contributed by atoms with E-state index < -0.39 is 15.9 Å². The molecular formula is C21H26FNO5S. The monoisotopic (exact) mass is 423 g/mol. The van der Waals surface area contributed by atoms with Crippen LogP contribution >= 0.6 is 0 Å². The first-order valence-corrected chi connectivity index (χ1v) is 10.7. The Morgan fingerprint density at radius 2 is 1.69 bits per heavy atom. The molecule has 0 atom stereocenters. The van der Waals surface area contributed by atoms with E-state index in [4.69, 9.17) is 8.92 Å². The lowest BCUT2D eigenvalue weighted by Crippen LogP contribution is -2.34. The fourth-order valence-electron chi connectivity index (χ4n) is 2.62. The second-order valence-electron chi connectivity index (χ2n) is 7.04. The molecule has 0 bridgehead atoms. The third-order valence-electron chi connectivity index (χ3n) is 4.11. The molecule has 0 heterocycles. The highest BCUT2D eigenvalue weighted by Gasteiger charge is 2.18. The van der Waals surface area contributed by atoms with Crippen LogP contribution in [0.25, 0.3) is 0 Å². The number of hydrogen-bond acceptors (Lipinski definition) is 5. The molecule has 0 spiro atoms. The second kappa shape index (κ2) is 10.4. The first-order valence-electron chi connectivity index (χ1n) is 9.27. The molecule has 2 rings (SSSR count). The summed E-state index contributed by atoms with van der Waals surface area (Å²) in [6, 6.07) is 10.9. The van der Waals surface area contributed by atoms with Gasteiger partial charge in [0, 0.05) is 26.6 Å². The number of amides is 1. The molecule has 0 fully saturated rings. The molecule has 0 unspecified atom stereocenters. The van der Waals surface area contributed by atoms with Crippen LogP contribution in [0.4, 0.5) is 4.39 Å². The zero-order valence-electron chi connectivity index (χ0n) is 16.8. The lowest BCUT2D eigenvalue weighted by Gasteiger charge is -2.23. The third kappa shape index (κ3) is 7.14. The number of benzene rings is 2. The smallest absolute Gasteiger partial charge is 0.339 e. The largest absolute Gasteiger partial charge is 0.383 e. The molecule has 6 nitrogen and oxygen atoms in total. The number of carbonyl (C=O) groups excluding carboxylic acids is 1. The molecular weight excluding hydrogens is 397 g/mol. The van der Waals surface area contributed by atoms with Crippen LogP contribution in [0.1, 0.15) is 25.8 Å². The van der Waals surface area contributed by atoms with Crippen molar-refractivity contribution in [3.05, 3.63) is 59.9 Å². The van der Waals surface area contributed by atoms with Gasteiger partial charge >= 0.3 is 10.1 Å². The Kier molecular flexibility index (Phi) is 8.16. The van der Waals surface area contributed by atoms with Gasteiger partial charge in [0.05, 0.1) is 6.61 Å². The number of ether oxygens (including phenoxy) is 1. The topological polar surface area (TPSA) is 72.9 Å². The fourth-order valence-corrected chi connectivity index (χ4v) is 3.55. The summed E-state index contributed by atoms with van der Waals surface area (Å²) in [7, 11) is -2.47. The summed E-state index contributed by atoms with van der Waals surface area (Å²) < 4.78 is 47.7. The first kappa shape index (κ1) is 22.8. The van der Waals surface area contributed by atoms with Gasteiger partial charge in [-0.25, -0.2) is 4.39 Å². The van der Waals surface area contributed by atoms with Gasteiger partial charge in [-0.15, -0.1) is 0 Å². The van der Waals surface area contributed by atoms with Crippen molar-refractivity contribution in [2.24, 2.45) is 5.92 Å². The first-order chi connectivity index (χ1) is 13.7. The van der Waals surface area contributed by atoms with Gasteiger partial charge in [0.2, 0.25) is 5.91 Å². The van der Waals surface area contributed by atoms with Crippen LogP contribution in [-0.2, 0) is 26.2 Å². The minimum atomic E-state index is -4.05. The van der Waals surface area contributed by atoms with Gasteiger partial charge in [-0.2, -0.15) is 8.42 Å². The third-order valence-corrected chi connectivity index (χ3v) is 5.37. The molecule has 0 aliphatic rings. The quantitative estimate of drug-likeness (QED) is 0.546.